The number of halogens is 5. The van der Waals surface area contributed by atoms with Gasteiger partial charge in [-0.15, -0.1) is 23.2 Å². The van der Waals surface area contributed by atoms with E-state index in [-0.39, 0.29) is 52.7 Å². The molecule has 4 aliphatic rings. The van der Waals surface area contributed by atoms with Gasteiger partial charge in [0.2, 0.25) is 11.8 Å². The minimum Gasteiger partial charge on any atom is -0.508 e. The van der Waals surface area contributed by atoms with Crippen molar-refractivity contribution >= 4 is 84.4 Å². The number of amides is 4. The summed E-state index contributed by atoms with van der Waals surface area (Å²) in [6.45, 7) is 0.107. The maximum Gasteiger partial charge on any atom is 0.258 e. The molecule has 0 aromatic heterocycles. The van der Waals surface area contributed by atoms with Gasteiger partial charge in [0.1, 0.15) is 11.6 Å². The van der Waals surface area contributed by atoms with Gasteiger partial charge in [0.15, 0.2) is 21.2 Å². The molecule has 6 unspecified atom stereocenters. The maximum atomic E-state index is 14.6. The summed E-state index contributed by atoms with van der Waals surface area (Å²) >= 11 is 21.8. The third-order valence-electron chi connectivity index (χ3n) is 10.3. The summed E-state index contributed by atoms with van der Waals surface area (Å²) in [7, 11) is 1.35. The molecule has 2 aliphatic heterocycles. The molecule has 6 atom stereocenters. The van der Waals surface area contributed by atoms with Crippen LogP contribution in [0.3, 0.4) is 0 Å². The van der Waals surface area contributed by atoms with Gasteiger partial charge in [0.25, 0.3) is 11.8 Å². The molecule has 254 valence electrons. The normalized spacial score (nSPS) is 29.1. The Morgan fingerprint density at radius 1 is 0.939 bits per heavy atom. The summed E-state index contributed by atoms with van der Waals surface area (Å²) in [5, 5.41) is 20.4. The van der Waals surface area contributed by atoms with E-state index in [0.717, 1.165) is 22.6 Å². The number of fused-ring (bicyclic) bond motifs is 4. The molecule has 2 N–H and O–H groups in total. The van der Waals surface area contributed by atoms with Crippen molar-refractivity contribution in [2.75, 3.05) is 18.6 Å². The number of hydrogen-bond acceptors (Lipinski definition) is 7. The Morgan fingerprint density at radius 2 is 1.61 bits per heavy atom. The molecule has 3 fully saturated rings. The topological polar surface area (TPSA) is 124 Å². The van der Waals surface area contributed by atoms with E-state index in [9.17, 15) is 33.8 Å². The van der Waals surface area contributed by atoms with Gasteiger partial charge in [-0.2, -0.15) is 0 Å². The average Bonchev–Trinajstić information content (AvgIpc) is 3.41. The van der Waals surface area contributed by atoms with Crippen molar-refractivity contribution in [2.24, 2.45) is 17.8 Å². The summed E-state index contributed by atoms with van der Waals surface area (Å²) in [5.74, 6) is -6.65. The van der Waals surface area contributed by atoms with Gasteiger partial charge in [-0.25, -0.2) is 9.29 Å². The Labute approximate surface area is 306 Å². The van der Waals surface area contributed by atoms with E-state index in [1.165, 1.54) is 42.3 Å². The lowest BCUT2D eigenvalue weighted by molar-refractivity contribution is -0.140. The van der Waals surface area contributed by atoms with Crippen molar-refractivity contribution in [3.8, 4) is 17.2 Å². The molecule has 49 heavy (non-hydrogen) atoms. The molecular formula is C35H27Br2Cl2FN2O7. The lowest BCUT2D eigenvalue weighted by Gasteiger charge is -2.51. The molecule has 2 aliphatic carbocycles. The number of allylic oxidation sites excluding steroid dienone is 2. The number of likely N-dealkylation sites (tertiary alicyclic amines) is 1. The predicted octanol–water partition coefficient (Wildman–Crippen LogP) is 6.58. The van der Waals surface area contributed by atoms with Gasteiger partial charge in [0, 0.05) is 16.9 Å². The molecule has 2 saturated heterocycles. The highest BCUT2D eigenvalue weighted by atomic mass is 79.9. The number of carbonyl (C=O) groups excluding carboxylic acids is 4. The summed E-state index contributed by atoms with van der Waals surface area (Å²) in [6, 6.07) is 12.8. The van der Waals surface area contributed by atoms with Crippen LogP contribution in [0.1, 0.15) is 29.9 Å². The van der Waals surface area contributed by atoms with Gasteiger partial charge in [-0.1, -0.05) is 23.8 Å². The van der Waals surface area contributed by atoms with E-state index >= 15 is 0 Å². The zero-order valence-electron chi connectivity index (χ0n) is 25.6. The first-order valence-electron chi connectivity index (χ1n) is 15.3. The van der Waals surface area contributed by atoms with Crippen molar-refractivity contribution in [1.82, 2.24) is 4.90 Å². The van der Waals surface area contributed by atoms with Crippen LogP contribution >= 0.6 is 55.1 Å². The first kappa shape index (κ1) is 34.0. The Balaban J connectivity index is 1.36. The van der Waals surface area contributed by atoms with Crippen LogP contribution in [0.5, 0.6) is 17.2 Å². The Bertz CT molecular complexity index is 1980. The largest absolute Gasteiger partial charge is 0.508 e. The number of ether oxygens (including phenoxy) is 1. The van der Waals surface area contributed by atoms with Gasteiger partial charge in [0.05, 0.1) is 29.1 Å². The van der Waals surface area contributed by atoms with Gasteiger partial charge in [-0.05, 0) is 111 Å². The van der Waals surface area contributed by atoms with E-state index in [4.69, 9.17) is 27.9 Å². The number of carbonyl (C=O) groups is 4. The quantitative estimate of drug-likeness (QED) is 0.164. The number of imide groups is 2. The molecule has 9 nitrogen and oxygen atoms in total. The number of nitrogens with zero attached hydrogens (tertiary/aromatic N) is 2. The van der Waals surface area contributed by atoms with Crippen LogP contribution < -0.4 is 9.64 Å². The SMILES string of the molecule is COc1cc(C2C3=CCC4C(=O)N(CCc5ccc(O)cc5)C(=O)C4C3CC3(Cl)C(=O)N(c4ccc(F)cc4)C(=O)C23Cl)c(Br)c(Br)c1O. The van der Waals surface area contributed by atoms with Crippen molar-refractivity contribution < 1.29 is 38.5 Å². The fraction of sp³-hybridized carbons (Fsp3) is 0.314. The third-order valence-corrected chi connectivity index (χ3v) is 13.8. The first-order chi connectivity index (χ1) is 23.2. The number of aromatic hydroxyl groups is 2. The second-order valence-electron chi connectivity index (χ2n) is 12.6. The summed E-state index contributed by atoms with van der Waals surface area (Å²) in [4.78, 5) is 54.8. The average molecular weight is 837 g/mol. The molecule has 4 amide bonds. The van der Waals surface area contributed by atoms with Gasteiger partial charge < -0.3 is 14.9 Å². The highest BCUT2D eigenvalue weighted by Gasteiger charge is 2.76. The lowest BCUT2D eigenvalue weighted by atomic mass is 9.56. The Kier molecular flexibility index (Phi) is 8.40. The lowest BCUT2D eigenvalue weighted by Crippen LogP contribution is -2.60. The van der Waals surface area contributed by atoms with Crippen LogP contribution in [0, 0.1) is 23.6 Å². The summed E-state index contributed by atoms with van der Waals surface area (Å²) in [6.07, 6.45) is 2.11. The number of phenols is 2. The maximum absolute atomic E-state index is 14.6. The molecule has 3 aromatic rings. The number of rotatable bonds is 6. The van der Waals surface area contributed by atoms with Crippen molar-refractivity contribution in [3.63, 3.8) is 0 Å². The molecule has 14 heteroatoms. The minimum absolute atomic E-state index is 0.0432. The van der Waals surface area contributed by atoms with Crippen LogP contribution in [-0.4, -0.2) is 62.1 Å². The van der Waals surface area contributed by atoms with E-state index in [1.54, 1.807) is 12.1 Å². The molecular weight excluding hydrogens is 810 g/mol. The van der Waals surface area contributed by atoms with Gasteiger partial charge in [-0.3, -0.25) is 24.1 Å². The summed E-state index contributed by atoms with van der Waals surface area (Å²) < 4.78 is 19.9. The van der Waals surface area contributed by atoms with Crippen LogP contribution in [0.25, 0.3) is 0 Å². The van der Waals surface area contributed by atoms with E-state index < -0.39 is 57.0 Å². The molecule has 0 bridgehead atoms. The summed E-state index contributed by atoms with van der Waals surface area (Å²) in [5.41, 5.74) is 1.79. The molecule has 2 heterocycles. The fourth-order valence-corrected chi connectivity index (χ4v) is 9.79. The highest BCUT2D eigenvalue weighted by Crippen LogP contribution is 2.67. The van der Waals surface area contributed by atoms with E-state index in [1.807, 2.05) is 6.08 Å². The number of hydrogen-bond donors (Lipinski definition) is 2. The molecule has 3 aromatic carbocycles. The third kappa shape index (κ3) is 4.88. The molecule has 0 radical (unpaired) electrons. The number of alkyl halides is 2. The second kappa shape index (κ2) is 12.1. The van der Waals surface area contributed by atoms with E-state index in [0.29, 0.717) is 22.0 Å². The molecule has 1 saturated carbocycles. The number of phenolic OH excluding ortho intramolecular Hbond substituents is 2. The number of benzene rings is 3. The highest BCUT2D eigenvalue weighted by molar-refractivity contribution is 9.13. The monoisotopic (exact) mass is 834 g/mol. The van der Waals surface area contributed by atoms with E-state index in [2.05, 4.69) is 31.9 Å². The first-order valence-corrected chi connectivity index (χ1v) is 17.7. The van der Waals surface area contributed by atoms with Crippen LogP contribution in [-0.2, 0) is 25.6 Å². The van der Waals surface area contributed by atoms with Crippen LogP contribution in [0.2, 0.25) is 0 Å². The van der Waals surface area contributed by atoms with Crippen LogP contribution in [0.15, 0.2) is 75.2 Å². The van der Waals surface area contributed by atoms with Crippen molar-refractivity contribution in [2.45, 2.75) is 34.9 Å². The van der Waals surface area contributed by atoms with Crippen LogP contribution in [0.4, 0.5) is 10.1 Å². The number of methoxy groups -OCH3 is 1. The Morgan fingerprint density at radius 3 is 2.27 bits per heavy atom. The molecule has 7 rings (SSSR count). The standard InChI is InChI=1S/C35H27Br2Cl2FN2O7/c1-49-24-14-22(27(36)28(37)29(24)44)26-20-10-11-21-25(31(46)41(30(21)45)13-12-16-2-8-19(43)9-3-16)23(20)15-34(38)32(47)42(33(48)35(26,34)39)18-6-4-17(40)5-7-18/h2-10,14,21,23,25-26,43-44H,11-13,15H2,1H3. The second-order valence-corrected chi connectivity index (χ2v) is 15.5. The fourth-order valence-electron chi connectivity index (χ4n) is 7.91. The zero-order chi connectivity index (χ0) is 35.2. The number of anilines is 1. The predicted molar refractivity (Wildman–Crippen MR) is 185 cm³/mol. The minimum atomic E-state index is -2.16. The Hall–Kier alpha value is -3.45. The van der Waals surface area contributed by atoms with Crippen molar-refractivity contribution in [1.29, 1.82) is 0 Å². The molecule has 0 spiro atoms. The van der Waals surface area contributed by atoms with Crippen molar-refractivity contribution in [3.05, 3.63) is 92.1 Å². The zero-order valence-corrected chi connectivity index (χ0v) is 30.3. The van der Waals surface area contributed by atoms with Gasteiger partial charge >= 0.3 is 0 Å². The smallest absolute Gasteiger partial charge is 0.258 e.